The normalized spacial score (nSPS) is 13.0. The zero-order valence-electron chi connectivity index (χ0n) is 17.6. The van der Waals surface area contributed by atoms with Crippen molar-refractivity contribution < 1.29 is 19.0 Å². The van der Waals surface area contributed by atoms with Crippen molar-refractivity contribution in [1.82, 2.24) is 5.32 Å². The van der Waals surface area contributed by atoms with Crippen LogP contribution in [0, 0.1) is 0 Å². The molecule has 0 fully saturated rings. The molecular formula is C23H31NO4. The lowest BCUT2D eigenvalue weighted by atomic mass is 10.0. The summed E-state index contributed by atoms with van der Waals surface area (Å²) in [6.07, 6.45) is 0.144. The van der Waals surface area contributed by atoms with Gasteiger partial charge in [0.05, 0.1) is 20.3 Å². The van der Waals surface area contributed by atoms with Crippen LogP contribution in [0.2, 0.25) is 0 Å². The van der Waals surface area contributed by atoms with Gasteiger partial charge in [-0.3, -0.25) is 4.79 Å². The number of benzene rings is 2. The molecule has 5 nitrogen and oxygen atoms in total. The summed E-state index contributed by atoms with van der Waals surface area (Å²) in [4.78, 5) is 12.8. The number of carbonyl (C=O) groups is 1. The van der Waals surface area contributed by atoms with E-state index in [4.69, 9.17) is 14.2 Å². The number of hydrogen-bond acceptors (Lipinski definition) is 4. The molecule has 2 aromatic carbocycles. The minimum absolute atomic E-state index is 0.140. The van der Waals surface area contributed by atoms with Crippen LogP contribution < -0.4 is 19.5 Å². The lowest BCUT2D eigenvalue weighted by Gasteiger charge is -2.23. The maximum atomic E-state index is 12.8. The van der Waals surface area contributed by atoms with Crippen LogP contribution in [-0.2, 0) is 4.79 Å². The Kier molecular flexibility index (Phi) is 7.73. The van der Waals surface area contributed by atoms with Crippen molar-refractivity contribution in [2.45, 2.75) is 52.2 Å². The van der Waals surface area contributed by atoms with Crippen LogP contribution in [0.25, 0.3) is 0 Å². The standard InChI is InChI=1S/C23H31NO4/c1-7-19(17-12-13-21(26-5)22(14-17)27-6)24-23(25)16(4)28-20-11-9-8-10-18(20)15(2)3/h8-16,19H,7H2,1-6H3,(H,24,25)/t16-,19-/m0/s1. The fourth-order valence-corrected chi connectivity index (χ4v) is 3.09. The van der Waals surface area contributed by atoms with Crippen molar-refractivity contribution in [3.05, 3.63) is 53.6 Å². The zero-order chi connectivity index (χ0) is 20.7. The van der Waals surface area contributed by atoms with Gasteiger partial charge in [-0.15, -0.1) is 0 Å². The molecule has 0 aliphatic carbocycles. The second kappa shape index (κ2) is 10.0. The molecular weight excluding hydrogens is 354 g/mol. The average Bonchev–Trinajstić information content (AvgIpc) is 2.71. The molecule has 0 bridgehead atoms. The first kappa shape index (κ1) is 21.6. The Morgan fingerprint density at radius 3 is 2.25 bits per heavy atom. The summed E-state index contributed by atoms with van der Waals surface area (Å²) >= 11 is 0. The van der Waals surface area contributed by atoms with E-state index in [0.717, 1.165) is 23.3 Å². The first-order valence-electron chi connectivity index (χ1n) is 9.69. The number of rotatable bonds is 9. The summed E-state index contributed by atoms with van der Waals surface area (Å²) < 4.78 is 16.6. The monoisotopic (exact) mass is 385 g/mol. The molecule has 0 saturated carbocycles. The van der Waals surface area contributed by atoms with Crippen LogP contribution in [0.5, 0.6) is 17.2 Å². The Hall–Kier alpha value is -2.69. The lowest BCUT2D eigenvalue weighted by molar-refractivity contribution is -0.128. The Balaban J connectivity index is 2.11. The van der Waals surface area contributed by atoms with Gasteiger partial charge in [-0.1, -0.05) is 45.0 Å². The number of hydrogen-bond donors (Lipinski definition) is 1. The smallest absolute Gasteiger partial charge is 0.261 e. The van der Waals surface area contributed by atoms with E-state index in [1.165, 1.54) is 0 Å². The molecule has 2 aromatic rings. The summed E-state index contributed by atoms with van der Waals surface area (Å²) in [7, 11) is 3.20. The van der Waals surface area contributed by atoms with Crippen LogP contribution in [0.4, 0.5) is 0 Å². The molecule has 0 aromatic heterocycles. The summed E-state index contributed by atoms with van der Waals surface area (Å²) in [5.74, 6) is 2.22. The highest BCUT2D eigenvalue weighted by Crippen LogP contribution is 2.31. The Bertz CT molecular complexity index is 788. The average molecular weight is 386 g/mol. The van der Waals surface area contributed by atoms with E-state index in [9.17, 15) is 4.79 Å². The number of carbonyl (C=O) groups excluding carboxylic acids is 1. The van der Waals surface area contributed by atoms with Crippen molar-refractivity contribution in [1.29, 1.82) is 0 Å². The fourth-order valence-electron chi connectivity index (χ4n) is 3.09. The van der Waals surface area contributed by atoms with Crippen molar-refractivity contribution in [3.8, 4) is 17.2 Å². The molecule has 2 rings (SSSR count). The van der Waals surface area contributed by atoms with Crippen molar-refractivity contribution in [2.24, 2.45) is 0 Å². The molecule has 28 heavy (non-hydrogen) atoms. The van der Waals surface area contributed by atoms with E-state index in [2.05, 4.69) is 19.2 Å². The quantitative estimate of drug-likeness (QED) is 0.670. The highest BCUT2D eigenvalue weighted by molar-refractivity contribution is 5.81. The Morgan fingerprint density at radius 1 is 0.964 bits per heavy atom. The molecule has 2 atom stereocenters. The summed E-state index contributed by atoms with van der Waals surface area (Å²) in [5, 5.41) is 3.08. The van der Waals surface area contributed by atoms with Gasteiger partial charge in [0, 0.05) is 0 Å². The molecule has 1 N–H and O–H groups in total. The molecule has 1 amide bonds. The van der Waals surface area contributed by atoms with E-state index in [1.54, 1.807) is 21.1 Å². The lowest BCUT2D eigenvalue weighted by Crippen LogP contribution is -2.38. The molecule has 0 spiro atoms. The van der Waals surface area contributed by atoms with Crippen molar-refractivity contribution >= 4 is 5.91 Å². The van der Waals surface area contributed by atoms with Gasteiger partial charge in [-0.05, 0) is 48.6 Å². The molecule has 152 valence electrons. The van der Waals surface area contributed by atoms with Crippen LogP contribution in [0.1, 0.15) is 57.2 Å². The van der Waals surface area contributed by atoms with Gasteiger partial charge < -0.3 is 19.5 Å². The number of para-hydroxylation sites is 1. The highest BCUT2D eigenvalue weighted by atomic mass is 16.5. The summed E-state index contributed by atoms with van der Waals surface area (Å²) in [6.45, 7) is 8.02. The molecule has 0 unspecified atom stereocenters. The van der Waals surface area contributed by atoms with E-state index in [1.807, 2.05) is 49.4 Å². The van der Waals surface area contributed by atoms with Crippen LogP contribution >= 0.6 is 0 Å². The third kappa shape index (κ3) is 5.18. The first-order chi connectivity index (χ1) is 13.4. The number of nitrogens with one attached hydrogen (secondary N) is 1. The SMILES string of the molecule is CC[C@H](NC(=O)[C@H](C)Oc1ccccc1C(C)C)c1ccc(OC)c(OC)c1. The Morgan fingerprint density at radius 2 is 1.64 bits per heavy atom. The van der Waals surface area contributed by atoms with Crippen molar-refractivity contribution in [2.75, 3.05) is 14.2 Å². The third-order valence-corrected chi connectivity index (χ3v) is 4.75. The van der Waals surface area contributed by atoms with Crippen LogP contribution in [0.3, 0.4) is 0 Å². The molecule has 0 radical (unpaired) electrons. The number of methoxy groups -OCH3 is 2. The minimum atomic E-state index is -0.603. The van der Waals surface area contributed by atoms with Gasteiger partial charge in [-0.25, -0.2) is 0 Å². The van der Waals surface area contributed by atoms with Gasteiger partial charge >= 0.3 is 0 Å². The molecule has 0 heterocycles. The topological polar surface area (TPSA) is 56.8 Å². The van der Waals surface area contributed by atoms with E-state index in [0.29, 0.717) is 17.4 Å². The van der Waals surface area contributed by atoms with Crippen LogP contribution in [-0.4, -0.2) is 26.2 Å². The van der Waals surface area contributed by atoms with E-state index in [-0.39, 0.29) is 11.9 Å². The molecule has 5 heteroatoms. The van der Waals surface area contributed by atoms with Crippen molar-refractivity contribution in [3.63, 3.8) is 0 Å². The second-order valence-electron chi connectivity index (χ2n) is 7.04. The zero-order valence-corrected chi connectivity index (χ0v) is 17.6. The van der Waals surface area contributed by atoms with Crippen LogP contribution in [0.15, 0.2) is 42.5 Å². The van der Waals surface area contributed by atoms with E-state index < -0.39 is 6.10 Å². The molecule has 0 saturated heterocycles. The van der Waals surface area contributed by atoms with Gasteiger partial charge in [0.15, 0.2) is 17.6 Å². The minimum Gasteiger partial charge on any atom is -0.493 e. The predicted molar refractivity (Wildman–Crippen MR) is 111 cm³/mol. The van der Waals surface area contributed by atoms with Gasteiger partial charge in [0.25, 0.3) is 5.91 Å². The summed E-state index contributed by atoms with van der Waals surface area (Å²) in [5.41, 5.74) is 2.05. The molecule has 0 aliphatic heterocycles. The largest absolute Gasteiger partial charge is 0.493 e. The number of amides is 1. The third-order valence-electron chi connectivity index (χ3n) is 4.75. The Labute approximate surface area is 168 Å². The fraction of sp³-hybridized carbons (Fsp3) is 0.435. The van der Waals surface area contributed by atoms with Gasteiger partial charge in [0.2, 0.25) is 0 Å². The predicted octanol–water partition coefficient (Wildman–Crippen LogP) is 4.86. The maximum Gasteiger partial charge on any atom is 0.261 e. The van der Waals surface area contributed by atoms with E-state index >= 15 is 0 Å². The number of ether oxygens (including phenoxy) is 3. The van der Waals surface area contributed by atoms with Gasteiger partial charge in [0.1, 0.15) is 5.75 Å². The second-order valence-corrected chi connectivity index (χ2v) is 7.04. The van der Waals surface area contributed by atoms with Gasteiger partial charge in [-0.2, -0.15) is 0 Å². The molecule has 0 aliphatic rings. The highest BCUT2D eigenvalue weighted by Gasteiger charge is 2.21. The summed E-state index contributed by atoms with van der Waals surface area (Å²) in [6, 6.07) is 13.4. The first-order valence-corrected chi connectivity index (χ1v) is 9.69. The maximum absolute atomic E-state index is 12.8.